The Bertz CT molecular complexity index is 1570. The Morgan fingerprint density at radius 2 is 1.88 bits per heavy atom. The number of carbonyl (C=O) groups is 4. The average Bonchev–Trinajstić information content (AvgIpc) is 3.80. The molecular formula is C32H42FN9O5S. The van der Waals surface area contributed by atoms with E-state index in [1.807, 2.05) is 14.0 Å². The number of aryl methyl sites for hydroxylation is 1. The number of nitrogens with zero attached hydrogens (tertiary/aromatic N) is 7. The number of anilines is 2. The average molecular weight is 684 g/mol. The molecule has 1 aliphatic carbocycles. The van der Waals surface area contributed by atoms with Gasteiger partial charge in [0.2, 0.25) is 24.0 Å². The Morgan fingerprint density at radius 1 is 1.15 bits per heavy atom. The summed E-state index contributed by atoms with van der Waals surface area (Å²) in [4.78, 5) is 58.5. The normalized spacial score (nSPS) is 20.4. The predicted molar refractivity (Wildman–Crippen MR) is 176 cm³/mol. The number of carbonyl (C=O) groups excluding carboxylic acids is 4. The highest BCUT2D eigenvalue weighted by molar-refractivity contribution is 7.07. The fraction of sp³-hybridized carbons (Fsp3) is 0.562. The summed E-state index contributed by atoms with van der Waals surface area (Å²) in [5, 5.41) is 17.0. The van der Waals surface area contributed by atoms with Crippen molar-refractivity contribution in [3.05, 3.63) is 46.3 Å². The highest BCUT2D eigenvalue weighted by Gasteiger charge is 2.39. The first-order valence-electron chi connectivity index (χ1n) is 16.3. The Morgan fingerprint density at radius 3 is 2.50 bits per heavy atom. The van der Waals surface area contributed by atoms with Gasteiger partial charge in [0, 0.05) is 32.1 Å². The fourth-order valence-electron chi connectivity index (χ4n) is 6.46. The molecule has 2 aliphatic rings. The van der Waals surface area contributed by atoms with Crippen molar-refractivity contribution in [2.45, 2.75) is 70.9 Å². The van der Waals surface area contributed by atoms with Crippen LogP contribution in [0.4, 0.5) is 15.9 Å². The van der Waals surface area contributed by atoms with Gasteiger partial charge < -0.3 is 20.4 Å². The van der Waals surface area contributed by atoms with Gasteiger partial charge in [0.25, 0.3) is 5.91 Å². The third-order valence-electron chi connectivity index (χ3n) is 9.53. The topological polar surface area (TPSA) is 167 Å². The minimum Gasteiger partial charge on any atom is -0.339 e. The Hall–Kier alpha value is -4.31. The lowest BCUT2D eigenvalue weighted by Crippen LogP contribution is -2.55. The minimum atomic E-state index is -0.995. The molecule has 3 heterocycles. The number of likely N-dealkylation sites (N-methyl/N-ethyl adjacent to an activating group) is 1. The van der Waals surface area contributed by atoms with E-state index < -0.39 is 35.6 Å². The van der Waals surface area contributed by atoms with Gasteiger partial charge in [-0.2, -0.15) is 0 Å². The van der Waals surface area contributed by atoms with Crippen LogP contribution in [-0.2, 0) is 20.8 Å². The zero-order valence-electron chi connectivity index (χ0n) is 27.6. The molecule has 14 nitrogen and oxygen atoms in total. The summed E-state index contributed by atoms with van der Waals surface area (Å²) in [7, 11) is 1.98. The molecule has 48 heavy (non-hydrogen) atoms. The molecule has 0 radical (unpaired) electrons. The molecule has 3 atom stereocenters. The Kier molecular flexibility index (Phi) is 11.5. The third kappa shape index (κ3) is 7.86. The zero-order chi connectivity index (χ0) is 34.4. The molecule has 4 amide bonds. The Labute approximate surface area is 282 Å². The van der Waals surface area contributed by atoms with Crippen LogP contribution in [0.2, 0.25) is 0 Å². The standard InChI is InChI=1S/C32H42FN9O5S/c1-5-24-29(38-47-37-24)42(18-43)28(21-8-6-19(2)7-9-21)31(45)35-25-11-10-22(16-23(25)33)20(3)27(36-30(44)26-17-34-39-48-26)32(46)41-14-12-40(4)13-15-41/h10-11,16-21,27-28H,5-9,12-15H2,1-4H3,(H,35,45)(H,36,44)/t19?,20-,21?,27+,28-/m0/s1. The van der Waals surface area contributed by atoms with Crippen LogP contribution >= 0.6 is 11.5 Å². The molecule has 0 bridgehead atoms. The molecule has 5 rings (SSSR count). The fourth-order valence-corrected chi connectivity index (χ4v) is 6.87. The highest BCUT2D eigenvalue weighted by atomic mass is 32.1. The monoisotopic (exact) mass is 683 g/mol. The van der Waals surface area contributed by atoms with E-state index in [2.05, 4.69) is 42.4 Å². The number of nitrogens with one attached hydrogen (secondary N) is 2. The van der Waals surface area contributed by atoms with E-state index in [0.29, 0.717) is 69.0 Å². The summed E-state index contributed by atoms with van der Waals surface area (Å²) in [5.74, 6) is -2.19. The molecule has 0 unspecified atom stereocenters. The molecule has 2 aromatic heterocycles. The molecule has 0 spiro atoms. The van der Waals surface area contributed by atoms with Gasteiger partial charge in [-0.05, 0) is 72.5 Å². The lowest BCUT2D eigenvalue weighted by molar-refractivity contribution is -0.135. The lowest BCUT2D eigenvalue weighted by atomic mass is 9.78. The second-order valence-electron chi connectivity index (χ2n) is 12.7. The van der Waals surface area contributed by atoms with Crippen molar-refractivity contribution >= 4 is 47.2 Å². The van der Waals surface area contributed by atoms with Crippen molar-refractivity contribution in [2.24, 2.45) is 11.8 Å². The van der Waals surface area contributed by atoms with Crippen molar-refractivity contribution in [2.75, 3.05) is 43.4 Å². The second kappa shape index (κ2) is 15.7. The van der Waals surface area contributed by atoms with Crippen LogP contribution in [0, 0.1) is 17.7 Å². The summed E-state index contributed by atoms with van der Waals surface area (Å²) in [6.45, 7) is 8.12. The van der Waals surface area contributed by atoms with Crippen LogP contribution in [0.3, 0.4) is 0 Å². The number of hydrogen-bond donors (Lipinski definition) is 2. The van der Waals surface area contributed by atoms with Crippen LogP contribution in [0.15, 0.2) is 29.0 Å². The number of benzene rings is 1. The van der Waals surface area contributed by atoms with Gasteiger partial charge in [0.1, 0.15) is 28.5 Å². The van der Waals surface area contributed by atoms with E-state index in [1.54, 1.807) is 17.9 Å². The summed E-state index contributed by atoms with van der Waals surface area (Å²) in [6, 6.07) is 2.36. The Balaban J connectivity index is 1.38. The van der Waals surface area contributed by atoms with Gasteiger partial charge in [0.05, 0.1) is 11.9 Å². The van der Waals surface area contributed by atoms with Crippen LogP contribution in [0.5, 0.6) is 0 Å². The minimum absolute atomic E-state index is 0.0771. The van der Waals surface area contributed by atoms with E-state index >= 15 is 4.39 Å². The molecule has 16 heteroatoms. The lowest BCUT2D eigenvalue weighted by Gasteiger charge is -2.36. The number of hydrogen-bond acceptors (Lipinski definition) is 11. The second-order valence-corrected chi connectivity index (χ2v) is 13.5. The van der Waals surface area contributed by atoms with Gasteiger partial charge in [-0.1, -0.05) is 49.3 Å². The van der Waals surface area contributed by atoms with Gasteiger partial charge in [0.15, 0.2) is 0 Å². The number of rotatable bonds is 12. The maximum Gasteiger partial charge on any atom is 0.265 e. The number of aromatic nitrogens is 4. The van der Waals surface area contributed by atoms with Crippen LogP contribution in [0.25, 0.3) is 0 Å². The maximum absolute atomic E-state index is 15.8. The van der Waals surface area contributed by atoms with Crippen molar-refractivity contribution < 1.29 is 28.2 Å². The van der Waals surface area contributed by atoms with E-state index in [9.17, 15) is 19.2 Å². The maximum atomic E-state index is 15.8. The molecule has 1 aromatic carbocycles. The van der Waals surface area contributed by atoms with Crippen LogP contribution in [-0.4, -0.2) is 99.1 Å². The zero-order valence-corrected chi connectivity index (χ0v) is 28.4. The first-order valence-corrected chi connectivity index (χ1v) is 17.1. The first kappa shape index (κ1) is 35.0. The van der Waals surface area contributed by atoms with Crippen LogP contribution in [0.1, 0.15) is 73.3 Å². The summed E-state index contributed by atoms with van der Waals surface area (Å²) >= 11 is 0.912. The summed E-state index contributed by atoms with van der Waals surface area (Å²) < 4.78 is 24.4. The molecule has 1 saturated carbocycles. The van der Waals surface area contributed by atoms with Crippen molar-refractivity contribution in [3.8, 4) is 0 Å². The molecule has 258 valence electrons. The molecular weight excluding hydrogens is 641 g/mol. The van der Waals surface area contributed by atoms with Gasteiger partial charge >= 0.3 is 0 Å². The number of piperazine rings is 1. The van der Waals surface area contributed by atoms with Gasteiger partial charge in [-0.3, -0.25) is 24.1 Å². The first-order chi connectivity index (χ1) is 23.1. The van der Waals surface area contributed by atoms with E-state index in [0.717, 1.165) is 24.4 Å². The van der Waals surface area contributed by atoms with E-state index in [-0.39, 0.29) is 28.2 Å². The molecule has 2 fully saturated rings. The largest absolute Gasteiger partial charge is 0.339 e. The molecule has 3 aromatic rings. The van der Waals surface area contributed by atoms with Gasteiger partial charge in [-0.25, -0.2) is 9.02 Å². The third-order valence-corrected chi connectivity index (χ3v) is 10.2. The quantitative estimate of drug-likeness (QED) is 0.271. The van der Waals surface area contributed by atoms with Crippen molar-refractivity contribution in [3.63, 3.8) is 0 Å². The summed E-state index contributed by atoms with van der Waals surface area (Å²) in [6.07, 6.45) is 5.52. The summed E-state index contributed by atoms with van der Waals surface area (Å²) in [5.41, 5.74) is 0.814. The molecule has 2 N–H and O–H groups in total. The predicted octanol–water partition coefficient (Wildman–Crippen LogP) is 3.10. The van der Waals surface area contributed by atoms with E-state index in [4.69, 9.17) is 4.63 Å². The van der Waals surface area contributed by atoms with Crippen molar-refractivity contribution in [1.82, 2.24) is 35.0 Å². The van der Waals surface area contributed by atoms with Crippen molar-refractivity contribution in [1.29, 1.82) is 0 Å². The van der Waals surface area contributed by atoms with Crippen LogP contribution < -0.4 is 15.5 Å². The molecule has 1 saturated heterocycles. The number of amides is 4. The smallest absolute Gasteiger partial charge is 0.265 e. The molecule has 1 aliphatic heterocycles. The number of halogens is 1. The SMILES string of the molecule is CCc1nonc1N(C=O)[C@H](C(=O)Nc1ccc([C@H](C)[C@@H](NC(=O)c2cnns2)C(=O)N2CCN(C)CC2)cc1F)C1CCC(C)CC1. The van der Waals surface area contributed by atoms with Gasteiger partial charge in [-0.15, -0.1) is 5.10 Å². The van der Waals surface area contributed by atoms with E-state index in [1.165, 1.54) is 23.2 Å². The highest BCUT2D eigenvalue weighted by Crippen LogP contribution is 2.35.